The molecule has 72 valence electrons. The molecule has 1 aromatic rings. The first-order chi connectivity index (χ1) is 6.15. The van der Waals surface area contributed by atoms with Gasteiger partial charge in [-0.2, -0.15) is 0 Å². The van der Waals surface area contributed by atoms with Crippen LogP contribution < -0.4 is 10.5 Å². The number of nitrogens with two attached hydrogens (primary N) is 1. The van der Waals surface area contributed by atoms with Crippen LogP contribution in [0.3, 0.4) is 0 Å². The van der Waals surface area contributed by atoms with Gasteiger partial charge in [0.05, 0.1) is 17.3 Å². The summed E-state index contributed by atoms with van der Waals surface area (Å²) in [5.74, 6) is 0.823. The van der Waals surface area contributed by atoms with E-state index in [4.69, 9.17) is 22.1 Å². The summed E-state index contributed by atoms with van der Waals surface area (Å²) in [6.45, 7) is 4.73. The Hall–Kier alpha value is -0.890. The third-order valence-electron chi connectivity index (χ3n) is 1.76. The van der Waals surface area contributed by atoms with Gasteiger partial charge in [-0.05, 0) is 25.0 Å². The minimum atomic E-state index is 0.568. The van der Waals surface area contributed by atoms with Gasteiger partial charge < -0.3 is 10.5 Å². The molecule has 0 amide bonds. The highest BCUT2D eigenvalue weighted by atomic mass is 35.5. The molecular formula is C10H14ClNO. The Morgan fingerprint density at radius 2 is 2.15 bits per heavy atom. The van der Waals surface area contributed by atoms with E-state index in [1.54, 1.807) is 6.07 Å². The molecule has 0 saturated carbocycles. The van der Waals surface area contributed by atoms with Gasteiger partial charge in [0.15, 0.2) is 0 Å². The van der Waals surface area contributed by atoms with Crippen molar-refractivity contribution < 1.29 is 4.74 Å². The van der Waals surface area contributed by atoms with E-state index in [0.29, 0.717) is 17.3 Å². The van der Waals surface area contributed by atoms with E-state index < -0.39 is 0 Å². The van der Waals surface area contributed by atoms with Crippen LogP contribution in [-0.4, -0.2) is 6.61 Å². The highest BCUT2D eigenvalue weighted by Gasteiger charge is 2.03. The standard InChI is InChI=1S/C10H14ClNO/c1-3-4-13-10-6-9(12)8(11)5-7(10)2/h5-6H,3-4,12H2,1-2H3. The van der Waals surface area contributed by atoms with Gasteiger partial charge in [-0.1, -0.05) is 18.5 Å². The quantitative estimate of drug-likeness (QED) is 0.760. The summed E-state index contributed by atoms with van der Waals surface area (Å²) in [6, 6.07) is 3.59. The number of ether oxygens (including phenoxy) is 1. The largest absolute Gasteiger partial charge is 0.493 e. The molecule has 0 aromatic heterocycles. The first-order valence-corrected chi connectivity index (χ1v) is 4.71. The molecule has 2 N–H and O–H groups in total. The summed E-state index contributed by atoms with van der Waals surface area (Å²) in [5, 5.41) is 0.585. The second-order valence-corrected chi connectivity index (χ2v) is 3.39. The zero-order valence-electron chi connectivity index (χ0n) is 7.93. The van der Waals surface area contributed by atoms with Gasteiger partial charge in [-0.3, -0.25) is 0 Å². The molecule has 0 bridgehead atoms. The lowest BCUT2D eigenvalue weighted by molar-refractivity contribution is 0.315. The lowest BCUT2D eigenvalue weighted by Crippen LogP contribution is -1.98. The number of aryl methyl sites for hydroxylation is 1. The SMILES string of the molecule is CCCOc1cc(N)c(Cl)cc1C. The molecule has 13 heavy (non-hydrogen) atoms. The van der Waals surface area contributed by atoms with Crippen molar-refractivity contribution in [1.82, 2.24) is 0 Å². The Morgan fingerprint density at radius 3 is 2.77 bits per heavy atom. The lowest BCUT2D eigenvalue weighted by atomic mass is 10.2. The molecule has 3 heteroatoms. The summed E-state index contributed by atoms with van der Waals surface area (Å²) in [7, 11) is 0. The molecule has 0 unspecified atom stereocenters. The van der Waals surface area contributed by atoms with Crippen molar-refractivity contribution in [2.75, 3.05) is 12.3 Å². The highest BCUT2D eigenvalue weighted by molar-refractivity contribution is 6.33. The number of anilines is 1. The number of hydrogen-bond donors (Lipinski definition) is 1. The maximum absolute atomic E-state index is 5.84. The van der Waals surface area contributed by atoms with Gasteiger partial charge >= 0.3 is 0 Å². The smallest absolute Gasteiger partial charge is 0.124 e. The van der Waals surface area contributed by atoms with Crippen LogP contribution in [0.4, 0.5) is 5.69 Å². The van der Waals surface area contributed by atoms with E-state index in [2.05, 4.69) is 6.92 Å². The number of hydrogen-bond acceptors (Lipinski definition) is 2. The molecule has 0 radical (unpaired) electrons. The normalized spacial score (nSPS) is 10.1. The molecular weight excluding hydrogens is 186 g/mol. The van der Waals surface area contributed by atoms with Crippen molar-refractivity contribution in [3.8, 4) is 5.75 Å². The maximum Gasteiger partial charge on any atom is 0.124 e. The van der Waals surface area contributed by atoms with Crippen LogP contribution in [0, 0.1) is 6.92 Å². The van der Waals surface area contributed by atoms with Gasteiger partial charge in [-0.15, -0.1) is 0 Å². The minimum absolute atomic E-state index is 0.568. The summed E-state index contributed by atoms with van der Waals surface area (Å²) in [4.78, 5) is 0. The third-order valence-corrected chi connectivity index (χ3v) is 2.08. The van der Waals surface area contributed by atoms with Gasteiger partial charge in [0.2, 0.25) is 0 Å². The molecule has 0 aliphatic heterocycles. The summed E-state index contributed by atoms with van der Waals surface area (Å²) in [6.07, 6.45) is 0.988. The number of halogens is 1. The number of nitrogen functional groups attached to an aromatic ring is 1. The van der Waals surface area contributed by atoms with E-state index >= 15 is 0 Å². The van der Waals surface area contributed by atoms with Gasteiger partial charge in [0.1, 0.15) is 5.75 Å². The Morgan fingerprint density at radius 1 is 1.46 bits per heavy atom. The molecule has 1 rings (SSSR count). The van der Waals surface area contributed by atoms with E-state index in [9.17, 15) is 0 Å². The Bertz CT molecular complexity index is 299. The topological polar surface area (TPSA) is 35.2 Å². The van der Waals surface area contributed by atoms with Crippen LogP contribution in [0.25, 0.3) is 0 Å². The zero-order valence-corrected chi connectivity index (χ0v) is 8.69. The van der Waals surface area contributed by atoms with E-state index in [0.717, 1.165) is 17.7 Å². The second-order valence-electron chi connectivity index (χ2n) is 2.99. The van der Waals surface area contributed by atoms with Gasteiger partial charge in [0.25, 0.3) is 0 Å². The van der Waals surface area contributed by atoms with E-state index in [1.165, 1.54) is 0 Å². The van der Waals surface area contributed by atoms with Gasteiger partial charge in [-0.25, -0.2) is 0 Å². The van der Waals surface area contributed by atoms with Crippen LogP contribution in [0.2, 0.25) is 5.02 Å². The predicted octanol–water partition coefficient (Wildman–Crippen LogP) is 3.02. The summed E-state index contributed by atoms with van der Waals surface area (Å²) >= 11 is 5.84. The van der Waals surface area contributed by atoms with Crippen LogP contribution in [0.15, 0.2) is 12.1 Å². The predicted molar refractivity (Wildman–Crippen MR) is 56.4 cm³/mol. The van der Waals surface area contributed by atoms with Crippen LogP contribution in [0.1, 0.15) is 18.9 Å². The van der Waals surface area contributed by atoms with Crippen molar-refractivity contribution in [2.45, 2.75) is 20.3 Å². The van der Waals surface area contributed by atoms with E-state index in [1.807, 2.05) is 13.0 Å². The molecule has 0 aliphatic rings. The fraction of sp³-hybridized carbons (Fsp3) is 0.400. The minimum Gasteiger partial charge on any atom is -0.493 e. The Balaban J connectivity index is 2.88. The molecule has 0 aliphatic carbocycles. The second kappa shape index (κ2) is 4.38. The highest BCUT2D eigenvalue weighted by Crippen LogP contribution is 2.28. The Kier molecular flexibility index (Phi) is 3.43. The molecule has 0 atom stereocenters. The summed E-state index contributed by atoms with van der Waals surface area (Å²) < 4.78 is 5.48. The average Bonchev–Trinajstić information content (AvgIpc) is 2.09. The van der Waals surface area contributed by atoms with Crippen LogP contribution >= 0.6 is 11.6 Å². The molecule has 0 saturated heterocycles. The van der Waals surface area contributed by atoms with Crippen molar-refractivity contribution in [1.29, 1.82) is 0 Å². The zero-order chi connectivity index (χ0) is 9.84. The molecule has 0 heterocycles. The Labute approximate surface area is 83.6 Å². The van der Waals surface area contributed by atoms with Crippen molar-refractivity contribution in [2.24, 2.45) is 0 Å². The molecule has 2 nitrogen and oxygen atoms in total. The van der Waals surface area contributed by atoms with Gasteiger partial charge in [0, 0.05) is 6.07 Å². The third kappa shape index (κ3) is 2.52. The van der Waals surface area contributed by atoms with Crippen LogP contribution in [0.5, 0.6) is 5.75 Å². The van der Waals surface area contributed by atoms with Crippen molar-refractivity contribution >= 4 is 17.3 Å². The summed E-state index contributed by atoms with van der Waals surface area (Å²) in [5.41, 5.74) is 7.24. The molecule has 1 aromatic carbocycles. The van der Waals surface area contributed by atoms with Crippen molar-refractivity contribution in [3.63, 3.8) is 0 Å². The van der Waals surface area contributed by atoms with Crippen LogP contribution in [-0.2, 0) is 0 Å². The first kappa shape index (κ1) is 10.2. The van der Waals surface area contributed by atoms with Crippen molar-refractivity contribution in [3.05, 3.63) is 22.7 Å². The first-order valence-electron chi connectivity index (χ1n) is 4.33. The van der Waals surface area contributed by atoms with E-state index in [-0.39, 0.29) is 0 Å². The molecule has 0 spiro atoms. The fourth-order valence-corrected chi connectivity index (χ4v) is 1.25. The lowest BCUT2D eigenvalue weighted by Gasteiger charge is -2.09. The number of benzene rings is 1. The maximum atomic E-state index is 5.84. The monoisotopic (exact) mass is 199 g/mol. The average molecular weight is 200 g/mol. The number of rotatable bonds is 3. The fourth-order valence-electron chi connectivity index (χ4n) is 1.04. The molecule has 0 fully saturated rings.